The van der Waals surface area contributed by atoms with Crippen molar-refractivity contribution in [3.05, 3.63) is 64.7 Å². The predicted octanol–water partition coefficient (Wildman–Crippen LogP) is 3.88. The summed E-state index contributed by atoms with van der Waals surface area (Å²) >= 11 is 0. The fourth-order valence-corrected chi connectivity index (χ4v) is 3.70. The monoisotopic (exact) mass is 308 g/mol. The minimum absolute atomic E-state index is 0.300. The highest BCUT2D eigenvalue weighted by Crippen LogP contribution is 2.46. The van der Waals surface area contributed by atoms with Crippen molar-refractivity contribution in [3.63, 3.8) is 0 Å². The molecule has 1 fully saturated rings. The Morgan fingerprint density at radius 1 is 0.957 bits per heavy atom. The van der Waals surface area contributed by atoms with Gasteiger partial charge in [-0.05, 0) is 46.5 Å². The van der Waals surface area contributed by atoms with E-state index in [0.717, 1.165) is 24.7 Å². The van der Waals surface area contributed by atoms with E-state index in [1.54, 1.807) is 14.2 Å². The van der Waals surface area contributed by atoms with Gasteiger partial charge in [-0.3, -0.25) is 0 Å². The molecule has 0 N–H and O–H groups in total. The van der Waals surface area contributed by atoms with Crippen LogP contribution in [0.25, 0.3) is 6.08 Å². The van der Waals surface area contributed by atoms with Crippen molar-refractivity contribution in [2.45, 2.75) is 5.92 Å². The van der Waals surface area contributed by atoms with Crippen LogP contribution in [0, 0.1) is 5.92 Å². The fourth-order valence-electron chi connectivity index (χ4n) is 3.70. The van der Waals surface area contributed by atoms with Crippen molar-refractivity contribution in [2.75, 3.05) is 27.4 Å². The molecule has 2 aromatic carbocycles. The Hall–Kier alpha value is -2.26. The molecule has 23 heavy (non-hydrogen) atoms. The number of hydrogen-bond donors (Lipinski definition) is 0. The molecule has 0 aromatic heterocycles. The average molecular weight is 308 g/mol. The first-order valence-corrected chi connectivity index (χ1v) is 7.90. The summed E-state index contributed by atoms with van der Waals surface area (Å²) in [6.45, 7) is 1.52. The summed E-state index contributed by atoms with van der Waals surface area (Å²) in [6.07, 6.45) is 2.28. The minimum Gasteiger partial charge on any atom is -0.497 e. The van der Waals surface area contributed by atoms with Crippen LogP contribution in [0.5, 0.6) is 11.5 Å². The van der Waals surface area contributed by atoms with Crippen LogP contribution >= 0.6 is 0 Å². The maximum atomic E-state index is 5.75. The van der Waals surface area contributed by atoms with E-state index in [1.165, 1.54) is 22.3 Å². The molecule has 4 rings (SSSR count). The van der Waals surface area contributed by atoms with Gasteiger partial charge >= 0.3 is 0 Å². The van der Waals surface area contributed by atoms with Gasteiger partial charge in [0, 0.05) is 11.8 Å². The van der Waals surface area contributed by atoms with Gasteiger partial charge in [-0.25, -0.2) is 0 Å². The molecular formula is C20H20O3. The first-order chi connectivity index (χ1) is 11.3. The Morgan fingerprint density at radius 2 is 1.70 bits per heavy atom. The number of hydrogen-bond acceptors (Lipinski definition) is 3. The number of fused-ring (bicyclic) bond motifs is 2. The minimum atomic E-state index is 0.300. The lowest BCUT2D eigenvalue weighted by atomic mass is 9.73. The van der Waals surface area contributed by atoms with Gasteiger partial charge in [0.05, 0.1) is 27.4 Å². The summed E-state index contributed by atoms with van der Waals surface area (Å²) in [5, 5.41) is 0. The molecule has 2 unspecified atom stereocenters. The standard InChI is InChI=1S/C20H20O3/c1-21-16-6-3-13(4-7-16)20-18-10-17(22-2)8-5-14(18)9-15-11-23-12-19(15)20/h3-10,19-20H,11-12H2,1-2H3. The molecule has 0 radical (unpaired) electrons. The summed E-state index contributed by atoms with van der Waals surface area (Å²) < 4.78 is 16.5. The quantitative estimate of drug-likeness (QED) is 0.861. The molecule has 0 amide bonds. The summed E-state index contributed by atoms with van der Waals surface area (Å²) in [5.74, 6) is 2.49. The molecule has 3 heteroatoms. The average Bonchev–Trinajstić information content (AvgIpc) is 3.07. The summed E-state index contributed by atoms with van der Waals surface area (Å²) in [4.78, 5) is 0. The lowest BCUT2D eigenvalue weighted by Gasteiger charge is -2.30. The molecule has 1 saturated heterocycles. The van der Waals surface area contributed by atoms with Crippen molar-refractivity contribution in [2.24, 2.45) is 5.92 Å². The zero-order valence-corrected chi connectivity index (χ0v) is 13.4. The van der Waals surface area contributed by atoms with E-state index in [2.05, 4.69) is 30.3 Å². The normalized spacial score (nSPS) is 22.1. The Bertz CT molecular complexity index is 746. The van der Waals surface area contributed by atoms with Crippen molar-refractivity contribution in [1.29, 1.82) is 0 Å². The first-order valence-electron chi connectivity index (χ1n) is 7.90. The third kappa shape index (κ3) is 2.41. The maximum absolute atomic E-state index is 5.75. The molecule has 3 nitrogen and oxygen atoms in total. The lowest BCUT2D eigenvalue weighted by Crippen LogP contribution is -2.20. The van der Waals surface area contributed by atoms with Crippen molar-refractivity contribution < 1.29 is 14.2 Å². The third-order valence-corrected chi connectivity index (χ3v) is 4.89. The number of rotatable bonds is 3. The van der Waals surface area contributed by atoms with Crippen LogP contribution in [0.2, 0.25) is 0 Å². The largest absolute Gasteiger partial charge is 0.497 e. The summed E-state index contributed by atoms with van der Waals surface area (Å²) in [7, 11) is 3.41. The molecule has 1 aliphatic heterocycles. The van der Waals surface area contributed by atoms with E-state index in [0.29, 0.717) is 11.8 Å². The molecule has 1 aliphatic carbocycles. The van der Waals surface area contributed by atoms with Crippen LogP contribution in [-0.2, 0) is 4.74 Å². The maximum Gasteiger partial charge on any atom is 0.119 e. The Kier molecular flexibility index (Phi) is 3.58. The van der Waals surface area contributed by atoms with Crippen LogP contribution in [-0.4, -0.2) is 27.4 Å². The zero-order valence-electron chi connectivity index (χ0n) is 13.4. The number of methoxy groups -OCH3 is 2. The first kappa shape index (κ1) is 14.3. The van der Waals surface area contributed by atoms with Gasteiger partial charge in [0.25, 0.3) is 0 Å². The molecule has 0 spiro atoms. The molecule has 1 heterocycles. The lowest BCUT2D eigenvalue weighted by molar-refractivity contribution is 0.185. The van der Waals surface area contributed by atoms with Crippen LogP contribution in [0.15, 0.2) is 48.0 Å². The van der Waals surface area contributed by atoms with Gasteiger partial charge in [0.15, 0.2) is 0 Å². The van der Waals surface area contributed by atoms with Crippen molar-refractivity contribution in [3.8, 4) is 11.5 Å². The van der Waals surface area contributed by atoms with E-state index in [-0.39, 0.29) is 0 Å². The van der Waals surface area contributed by atoms with Crippen molar-refractivity contribution >= 4 is 6.08 Å². The molecular weight excluding hydrogens is 288 g/mol. The van der Waals surface area contributed by atoms with Gasteiger partial charge in [0.1, 0.15) is 11.5 Å². The van der Waals surface area contributed by atoms with E-state index >= 15 is 0 Å². The van der Waals surface area contributed by atoms with Crippen LogP contribution in [0.3, 0.4) is 0 Å². The third-order valence-electron chi connectivity index (χ3n) is 4.89. The van der Waals surface area contributed by atoms with E-state index in [1.807, 2.05) is 18.2 Å². The van der Waals surface area contributed by atoms with Gasteiger partial charge < -0.3 is 14.2 Å². The highest BCUT2D eigenvalue weighted by molar-refractivity contribution is 5.66. The second-order valence-electron chi connectivity index (χ2n) is 6.09. The Morgan fingerprint density at radius 3 is 2.43 bits per heavy atom. The van der Waals surface area contributed by atoms with Gasteiger partial charge in [-0.2, -0.15) is 0 Å². The van der Waals surface area contributed by atoms with Gasteiger partial charge in [-0.1, -0.05) is 24.3 Å². The van der Waals surface area contributed by atoms with Gasteiger partial charge in [0.2, 0.25) is 0 Å². The van der Waals surface area contributed by atoms with Crippen LogP contribution in [0.4, 0.5) is 0 Å². The highest BCUT2D eigenvalue weighted by atomic mass is 16.5. The molecule has 2 aromatic rings. The SMILES string of the molecule is COc1ccc(C2c3cc(OC)ccc3C=C3COCC32)cc1. The topological polar surface area (TPSA) is 27.7 Å². The van der Waals surface area contributed by atoms with Crippen LogP contribution in [0.1, 0.15) is 22.6 Å². The Balaban J connectivity index is 1.84. The highest BCUT2D eigenvalue weighted by Gasteiger charge is 2.36. The molecule has 0 saturated carbocycles. The number of ether oxygens (including phenoxy) is 3. The summed E-state index contributed by atoms with van der Waals surface area (Å²) in [5.41, 5.74) is 5.27. The Labute approximate surface area is 136 Å². The fraction of sp³-hybridized carbons (Fsp3) is 0.300. The second-order valence-corrected chi connectivity index (χ2v) is 6.09. The van der Waals surface area contributed by atoms with E-state index in [4.69, 9.17) is 14.2 Å². The van der Waals surface area contributed by atoms with Crippen LogP contribution < -0.4 is 9.47 Å². The zero-order chi connectivity index (χ0) is 15.8. The second kappa shape index (κ2) is 5.74. The van der Waals surface area contributed by atoms with Crippen molar-refractivity contribution in [1.82, 2.24) is 0 Å². The summed E-state index contributed by atoms with van der Waals surface area (Å²) in [6, 6.07) is 14.7. The molecule has 2 atom stereocenters. The van der Waals surface area contributed by atoms with Gasteiger partial charge in [-0.15, -0.1) is 0 Å². The number of benzene rings is 2. The molecule has 2 aliphatic rings. The molecule has 118 valence electrons. The van der Waals surface area contributed by atoms with E-state index in [9.17, 15) is 0 Å². The molecule has 0 bridgehead atoms. The van der Waals surface area contributed by atoms with E-state index < -0.39 is 0 Å². The predicted molar refractivity (Wildman–Crippen MR) is 90.1 cm³/mol. The smallest absolute Gasteiger partial charge is 0.119 e.